The summed E-state index contributed by atoms with van der Waals surface area (Å²) in [6.07, 6.45) is -9.51. The fourth-order valence-electron chi connectivity index (χ4n) is 4.15. The number of esters is 1. The highest BCUT2D eigenvalue weighted by atomic mass is 35.5. The number of nitrogens with zero attached hydrogens (tertiary/aromatic N) is 2. The van der Waals surface area contributed by atoms with E-state index in [-0.39, 0.29) is 24.2 Å². The lowest BCUT2D eigenvalue weighted by molar-refractivity contribution is -0.146. The maximum absolute atomic E-state index is 13.2. The molecule has 0 spiro atoms. The molecule has 2 atom stereocenters. The summed E-state index contributed by atoms with van der Waals surface area (Å²) in [4.78, 5) is 15.9. The number of methoxy groups -OCH3 is 1. The number of likely N-dealkylation sites (tertiary alicyclic amines) is 1. The van der Waals surface area contributed by atoms with Gasteiger partial charge in [0.25, 0.3) is 0 Å². The number of alkyl halides is 6. The topological polar surface area (TPSA) is 32.8 Å². The summed E-state index contributed by atoms with van der Waals surface area (Å²) in [6.45, 7) is 0.594. The first-order valence-corrected chi connectivity index (χ1v) is 10.7. The molecular formula is C23H23ClF6N2O2. The largest absolute Gasteiger partial charge is 0.468 e. The number of likely N-dealkylation sites (N-methyl/N-ethyl adjacent to an activating group) is 1. The van der Waals surface area contributed by atoms with E-state index in [1.807, 2.05) is 11.0 Å². The van der Waals surface area contributed by atoms with E-state index in [1.54, 1.807) is 30.1 Å². The summed E-state index contributed by atoms with van der Waals surface area (Å²) in [7, 11) is 2.87. The van der Waals surface area contributed by atoms with Gasteiger partial charge >= 0.3 is 18.3 Å². The number of carbonyl (C=O) groups excluding carboxylic acids is 1. The van der Waals surface area contributed by atoms with Crippen LogP contribution in [0.5, 0.6) is 0 Å². The highest BCUT2D eigenvalue weighted by Crippen LogP contribution is 2.37. The molecule has 0 radical (unpaired) electrons. The van der Waals surface area contributed by atoms with Crippen molar-refractivity contribution in [1.29, 1.82) is 0 Å². The Bertz CT molecular complexity index is 995. The number of hydrogen-bond donors (Lipinski definition) is 0. The molecule has 34 heavy (non-hydrogen) atoms. The minimum atomic E-state index is -4.91. The van der Waals surface area contributed by atoms with Crippen molar-refractivity contribution in [2.45, 2.75) is 43.9 Å². The number of rotatable bonds is 6. The maximum Gasteiger partial charge on any atom is 0.416 e. The van der Waals surface area contributed by atoms with Crippen molar-refractivity contribution in [3.8, 4) is 0 Å². The van der Waals surface area contributed by atoms with E-state index < -0.39 is 35.5 Å². The number of benzene rings is 2. The molecule has 2 aromatic carbocycles. The summed E-state index contributed by atoms with van der Waals surface area (Å²) >= 11 is 6.04. The molecule has 1 saturated heterocycles. The Kier molecular flexibility index (Phi) is 7.84. The second-order valence-corrected chi connectivity index (χ2v) is 8.75. The molecule has 1 heterocycles. The van der Waals surface area contributed by atoms with Crippen molar-refractivity contribution < 1.29 is 35.9 Å². The van der Waals surface area contributed by atoms with Crippen LogP contribution in [-0.4, -0.2) is 48.6 Å². The lowest BCUT2D eigenvalue weighted by atomic mass is 10.0. The smallest absolute Gasteiger partial charge is 0.416 e. The third kappa shape index (κ3) is 6.43. The van der Waals surface area contributed by atoms with Crippen molar-refractivity contribution >= 4 is 17.6 Å². The molecule has 0 saturated carbocycles. The molecule has 186 valence electrons. The average molecular weight is 509 g/mol. The van der Waals surface area contributed by atoms with Gasteiger partial charge in [0, 0.05) is 30.7 Å². The molecule has 11 heteroatoms. The standard InChI is InChI=1S/C23H23ClF6N2O2/c1-31(11-15-6-16(22(25,26)27)9-17(7-15)23(28,29)30)19-10-20(21(33)34-2)32(13-19)12-14-4-3-5-18(24)8-14/h3-9,19-20H,10-13H2,1-2H3/t19-,20-/m0/s1. The number of halogens is 7. The van der Waals surface area contributed by atoms with Gasteiger partial charge in [0.15, 0.2) is 0 Å². The molecule has 0 bridgehead atoms. The van der Waals surface area contributed by atoms with Crippen LogP contribution in [0.2, 0.25) is 5.02 Å². The summed E-state index contributed by atoms with van der Waals surface area (Å²) in [5.41, 5.74) is -1.97. The first-order chi connectivity index (χ1) is 15.8. The van der Waals surface area contributed by atoms with Gasteiger partial charge in [0.1, 0.15) is 6.04 Å². The predicted octanol–water partition coefficient (Wildman–Crippen LogP) is 5.63. The zero-order valence-corrected chi connectivity index (χ0v) is 19.1. The molecule has 1 aliphatic heterocycles. The first-order valence-electron chi connectivity index (χ1n) is 10.3. The van der Waals surface area contributed by atoms with E-state index in [1.165, 1.54) is 7.11 Å². The Morgan fingerprint density at radius 3 is 2.21 bits per heavy atom. The van der Waals surface area contributed by atoms with E-state index in [0.29, 0.717) is 24.5 Å². The first kappa shape index (κ1) is 26.3. The van der Waals surface area contributed by atoms with Gasteiger partial charge < -0.3 is 4.74 Å². The zero-order chi connectivity index (χ0) is 25.3. The van der Waals surface area contributed by atoms with Crippen LogP contribution in [0.4, 0.5) is 26.3 Å². The van der Waals surface area contributed by atoms with Crippen molar-refractivity contribution in [1.82, 2.24) is 9.80 Å². The normalized spacial score (nSPS) is 19.6. The van der Waals surface area contributed by atoms with Crippen molar-refractivity contribution in [2.24, 2.45) is 0 Å². The Hall–Kier alpha value is -2.30. The van der Waals surface area contributed by atoms with Gasteiger partial charge in [-0.1, -0.05) is 23.7 Å². The second-order valence-electron chi connectivity index (χ2n) is 8.32. The Balaban J connectivity index is 1.81. The molecule has 0 amide bonds. The summed E-state index contributed by atoms with van der Waals surface area (Å²) in [5, 5.41) is 0.532. The SMILES string of the molecule is COC(=O)[C@@H]1C[C@H](N(C)Cc2cc(C(F)(F)F)cc(C(F)(F)F)c2)CN1Cc1cccc(Cl)c1. The molecule has 1 aliphatic rings. The minimum Gasteiger partial charge on any atom is -0.468 e. The van der Waals surface area contributed by atoms with Gasteiger partial charge in [0.05, 0.1) is 18.2 Å². The second kappa shape index (κ2) is 10.1. The van der Waals surface area contributed by atoms with Gasteiger partial charge in [0.2, 0.25) is 0 Å². The third-order valence-electron chi connectivity index (χ3n) is 5.83. The molecule has 2 aromatic rings. The van der Waals surface area contributed by atoms with Crippen molar-refractivity contribution in [3.05, 3.63) is 69.7 Å². The monoisotopic (exact) mass is 508 g/mol. The van der Waals surface area contributed by atoms with Crippen LogP contribution >= 0.6 is 11.6 Å². The van der Waals surface area contributed by atoms with Gasteiger partial charge in [-0.2, -0.15) is 26.3 Å². The molecule has 0 N–H and O–H groups in total. The Labute approximate surface area is 198 Å². The summed E-state index contributed by atoms with van der Waals surface area (Å²) in [6, 6.07) is 7.75. The van der Waals surface area contributed by atoms with Gasteiger partial charge in [-0.15, -0.1) is 0 Å². The van der Waals surface area contributed by atoms with E-state index in [9.17, 15) is 31.1 Å². The van der Waals surface area contributed by atoms with Crippen LogP contribution in [-0.2, 0) is 35.0 Å². The number of carbonyl (C=O) groups is 1. The molecule has 1 fully saturated rings. The number of hydrogen-bond acceptors (Lipinski definition) is 4. The van der Waals surface area contributed by atoms with Gasteiger partial charge in [-0.3, -0.25) is 14.6 Å². The lowest BCUT2D eigenvalue weighted by Gasteiger charge is -2.25. The zero-order valence-electron chi connectivity index (χ0n) is 18.4. The van der Waals surface area contributed by atoms with Crippen molar-refractivity contribution in [3.63, 3.8) is 0 Å². The maximum atomic E-state index is 13.2. The quantitative estimate of drug-likeness (QED) is 0.374. The number of ether oxygens (including phenoxy) is 1. The molecule has 3 rings (SSSR count). The highest BCUT2D eigenvalue weighted by Gasteiger charge is 2.40. The Morgan fingerprint density at radius 1 is 1.06 bits per heavy atom. The van der Waals surface area contributed by atoms with Crippen LogP contribution in [0.25, 0.3) is 0 Å². The van der Waals surface area contributed by atoms with E-state index in [4.69, 9.17) is 16.3 Å². The van der Waals surface area contributed by atoms with Crippen LogP contribution in [0.1, 0.15) is 28.7 Å². The molecular weight excluding hydrogens is 486 g/mol. The van der Waals surface area contributed by atoms with Gasteiger partial charge in [-0.05, 0) is 54.9 Å². The van der Waals surface area contributed by atoms with Crippen LogP contribution in [0, 0.1) is 0 Å². The van der Waals surface area contributed by atoms with Crippen molar-refractivity contribution in [2.75, 3.05) is 20.7 Å². The molecule has 0 aliphatic carbocycles. The fraction of sp³-hybridized carbons (Fsp3) is 0.435. The third-order valence-corrected chi connectivity index (χ3v) is 6.07. The molecule has 0 unspecified atom stereocenters. The Morgan fingerprint density at radius 2 is 1.68 bits per heavy atom. The van der Waals surface area contributed by atoms with E-state index in [2.05, 4.69) is 0 Å². The predicted molar refractivity (Wildman–Crippen MR) is 114 cm³/mol. The van der Waals surface area contributed by atoms with Crippen LogP contribution in [0.15, 0.2) is 42.5 Å². The van der Waals surface area contributed by atoms with Crippen LogP contribution in [0.3, 0.4) is 0 Å². The summed E-state index contributed by atoms with van der Waals surface area (Å²) in [5.74, 6) is -0.462. The van der Waals surface area contributed by atoms with E-state index in [0.717, 1.165) is 17.7 Å². The summed E-state index contributed by atoms with van der Waals surface area (Å²) < 4.78 is 84.1. The lowest BCUT2D eigenvalue weighted by Crippen LogP contribution is -2.36. The molecule has 4 nitrogen and oxygen atoms in total. The van der Waals surface area contributed by atoms with E-state index >= 15 is 0 Å². The highest BCUT2D eigenvalue weighted by molar-refractivity contribution is 6.30. The fourth-order valence-corrected chi connectivity index (χ4v) is 4.37. The minimum absolute atomic E-state index is 0.110. The van der Waals surface area contributed by atoms with Crippen LogP contribution < -0.4 is 0 Å². The molecule has 0 aromatic heterocycles. The average Bonchev–Trinajstić information content (AvgIpc) is 3.15. The van der Waals surface area contributed by atoms with Gasteiger partial charge in [-0.25, -0.2) is 0 Å².